The molecule has 1 rings (SSSR count). The fourth-order valence-electron chi connectivity index (χ4n) is 1.00. The lowest BCUT2D eigenvalue weighted by molar-refractivity contribution is 0.162. The first-order valence-electron chi connectivity index (χ1n) is 4.65. The Morgan fingerprint density at radius 1 is 1.29 bits per heavy atom. The zero-order chi connectivity index (χ0) is 10.6. The largest absolute Gasteiger partial charge is 0.391 e. The summed E-state index contributed by atoms with van der Waals surface area (Å²) in [6.45, 7) is 3.64. The SMILES string of the molecule is CC(O)C(C)NC(=S)c1ccccc1. The van der Waals surface area contributed by atoms with Crippen LogP contribution in [0.25, 0.3) is 0 Å². The summed E-state index contributed by atoms with van der Waals surface area (Å²) in [4.78, 5) is 0.680. The molecule has 14 heavy (non-hydrogen) atoms. The van der Waals surface area contributed by atoms with Crippen LogP contribution >= 0.6 is 12.2 Å². The quantitative estimate of drug-likeness (QED) is 0.743. The number of aliphatic hydroxyl groups is 1. The van der Waals surface area contributed by atoms with Gasteiger partial charge in [-0.15, -0.1) is 0 Å². The maximum atomic E-state index is 9.29. The zero-order valence-corrected chi connectivity index (χ0v) is 9.21. The first-order valence-corrected chi connectivity index (χ1v) is 5.06. The van der Waals surface area contributed by atoms with E-state index in [1.165, 1.54) is 0 Å². The second-order valence-corrected chi connectivity index (χ2v) is 3.78. The van der Waals surface area contributed by atoms with Gasteiger partial charge in [-0.05, 0) is 13.8 Å². The molecule has 0 aromatic heterocycles. The van der Waals surface area contributed by atoms with Gasteiger partial charge in [0.15, 0.2) is 0 Å². The lowest BCUT2D eigenvalue weighted by atomic mass is 10.2. The fourth-order valence-corrected chi connectivity index (χ4v) is 1.32. The van der Waals surface area contributed by atoms with E-state index in [-0.39, 0.29) is 6.04 Å². The summed E-state index contributed by atoms with van der Waals surface area (Å²) in [5, 5.41) is 12.4. The van der Waals surface area contributed by atoms with Crippen molar-refractivity contribution in [1.82, 2.24) is 5.32 Å². The fraction of sp³-hybridized carbons (Fsp3) is 0.364. The van der Waals surface area contributed by atoms with Crippen LogP contribution in [0.2, 0.25) is 0 Å². The smallest absolute Gasteiger partial charge is 0.106 e. The minimum atomic E-state index is -0.406. The topological polar surface area (TPSA) is 32.3 Å². The molecule has 0 fully saturated rings. The van der Waals surface area contributed by atoms with Crippen LogP contribution in [0.5, 0.6) is 0 Å². The lowest BCUT2D eigenvalue weighted by Gasteiger charge is -2.18. The molecule has 0 saturated carbocycles. The van der Waals surface area contributed by atoms with Crippen LogP contribution < -0.4 is 5.32 Å². The van der Waals surface area contributed by atoms with E-state index < -0.39 is 6.10 Å². The minimum absolute atomic E-state index is 0.0253. The highest BCUT2D eigenvalue weighted by atomic mass is 32.1. The van der Waals surface area contributed by atoms with E-state index in [9.17, 15) is 5.11 Å². The lowest BCUT2D eigenvalue weighted by Crippen LogP contribution is -2.39. The van der Waals surface area contributed by atoms with Gasteiger partial charge in [0.05, 0.1) is 6.10 Å². The predicted octanol–water partition coefficient (Wildman–Crippen LogP) is 1.72. The molecule has 3 heteroatoms. The summed E-state index contributed by atoms with van der Waals surface area (Å²) in [6.07, 6.45) is -0.406. The van der Waals surface area contributed by atoms with Gasteiger partial charge in [-0.25, -0.2) is 0 Å². The third kappa shape index (κ3) is 3.09. The number of hydrogen-bond donors (Lipinski definition) is 2. The normalized spacial score (nSPS) is 14.5. The Kier molecular flexibility index (Phi) is 4.04. The number of aliphatic hydroxyl groups excluding tert-OH is 1. The molecule has 0 bridgehead atoms. The Bertz CT molecular complexity index is 297. The van der Waals surface area contributed by atoms with Gasteiger partial charge < -0.3 is 10.4 Å². The van der Waals surface area contributed by atoms with Crippen LogP contribution in [-0.2, 0) is 0 Å². The summed E-state index contributed by atoms with van der Waals surface area (Å²) in [5.74, 6) is 0. The van der Waals surface area contributed by atoms with Gasteiger partial charge >= 0.3 is 0 Å². The second-order valence-electron chi connectivity index (χ2n) is 3.37. The molecule has 2 nitrogen and oxygen atoms in total. The summed E-state index contributed by atoms with van der Waals surface area (Å²) in [7, 11) is 0. The summed E-state index contributed by atoms with van der Waals surface area (Å²) in [6, 6.07) is 9.70. The number of rotatable bonds is 3. The minimum Gasteiger partial charge on any atom is -0.391 e. The van der Waals surface area contributed by atoms with Gasteiger partial charge in [0.25, 0.3) is 0 Å². The van der Waals surface area contributed by atoms with Crippen LogP contribution in [0, 0.1) is 0 Å². The summed E-state index contributed by atoms with van der Waals surface area (Å²) in [5.41, 5.74) is 0.981. The Labute approximate surface area is 90.0 Å². The highest BCUT2D eigenvalue weighted by Crippen LogP contribution is 2.01. The number of thiocarbonyl (C=S) groups is 1. The number of hydrogen-bond acceptors (Lipinski definition) is 2. The van der Waals surface area contributed by atoms with Crippen molar-refractivity contribution in [3.63, 3.8) is 0 Å². The molecular weight excluding hydrogens is 194 g/mol. The van der Waals surface area contributed by atoms with Crippen molar-refractivity contribution in [1.29, 1.82) is 0 Å². The van der Waals surface area contributed by atoms with Crippen molar-refractivity contribution in [3.8, 4) is 0 Å². The molecule has 0 amide bonds. The molecule has 2 unspecified atom stereocenters. The predicted molar refractivity (Wildman–Crippen MR) is 62.4 cm³/mol. The first kappa shape index (κ1) is 11.1. The van der Waals surface area contributed by atoms with Gasteiger partial charge in [0, 0.05) is 11.6 Å². The van der Waals surface area contributed by atoms with Crippen LogP contribution in [-0.4, -0.2) is 22.2 Å². The highest BCUT2D eigenvalue weighted by molar-refractivity contribution is 7.80. The van der Waals surface area contributed by atoms with Crippen LogP contribution in [0.15, 0.2) is 30.3 Å². The third-order valence-corrected chi connectivity index (χ3v) is 2.47. The summed E-state index contributed by atoms with van der Waals surface area (Å²) < 4.78 is 0. The summed E-state index contributed by atoms with van der Waals surface area (Å²) >= 11 is 5.19. The van der Waals surface area contributed by atoms with E-state index in [0.29, 0.717) is 4.99 Å². The Morgan fingerprint density at radius 2 is 1.86 bits per heavy atom. The van der Waals surface area contributed by atoms with Gasteiger partial charge in [-0.3, -0.25) is 0 Å². The molecule has 2 atom stereocenters. The molecule has 76 valence electrons. The van der Waals surface area contributed by atoms with Crippen molar-refractivity contribution in [3.05, 3.63) is 35.9 Å². The van der Waals surface area contributed by atoms with E-state index >= 15 is 0 Å². The second kappa shape index (κ2) is 5.08. The van der Waals surface area contributed by atoms with Crippen molar-refractivity contribution >= 4 is 17.2 Å². The molecule has 0 heterocycles. The Hall–Kier alpha value is -0.930. The van der Waals surface area contributed by atoms with Crippen molar-refractivity contribution < 1.29 is 5.11 Å². The molecule has 0 spiro atoms. The third-order valence-electron chi connectivity index (χ3n) is 2.12. The van der Waals surface area contributed by atoms with Crippen LogP contribution in [0.4, 0.5) is 0 Å². The molecule has 2 N–H and O–H groups in total. The van der Waals surface area contributed by atoms with E-state index in [0.717, 1.165) is 5.56 Å². The maximum absolute atomic E-state index is 9.29. The zero-order valence-electron chi connectivity index (χ0n) is 8.40. The number of benzene rings is 1. The Balaban J connectivity index is 2.60. The maximum Gasteiger partial charge on any atom is 0.106 e. The van der Waals surface area contributed by atoms with E-state index in [1.807, 2.05) is 37.3 Å². The number of nitrogens with one attached hydrogen (secondary N) is 1. The van der Waals surface area contributed by atoms with Gasteiger partial charge in [0.2, 0.25) is 0 Å². The van der Waals surface area contributed by atoms with Crippen LogP contribution in [0.1, 0.15) is 19.4 Å². The average Bonchev–Trinajstić information content (AvgIpc) is 2.19. The molecule has 1 aromatic carbocycles. The van der Waals surface area contributed by atoms with E-state index in [4.69, 9.17) is 12.2 Å². The molecule has 0 radical (unpaired) electrons. The first-order chi connectivity index (χ1) is 6.61. The van der Waals surface area contributed by atoms with Gasteiger partial charge in [-0.1, -0.05) is 42.5 Å². The Morgan fingerprint density at radius 3 is 2.36 bits per heavy atom. The molecule has 1 aromatic rings. The standard InChI is InChI=1S/C11H15NOS/c1-8(9(2)13)12-11(14)10-6-4-3-5-7-10/h3-9,13H,1-2H3,(H,12,14). The molecule has 0 aliphatic carbocycles. The molecule has 0 aliphatic rings. The van der Waals surface area contributed by atoms with Crippen molar-refractivity contribution in [2.75, 3.05) is 0 Å². The molecular formula is C11H15NOS. The average molecular weight is 209 g/mol. The van der Waals surface area contributed by atoms with Crippen molar-refractivity contribution in [2.45, 2.75) is 26.0 Å². The van der Waals surface area contributed by atoms with E-state index in [2.05, 4.69) is 5.32 Å². The van der Waals surface area contributed by atoms with Crippen LogP contribution in [0.3, 0.4) is 0 Å². The highest BCUT2D eigenvalue weighted by Gasteiger charge is 2.10. The monoisotopic (exact) mass is 209 g/mol. The molecule has 0 aliphatic heterocycles. The van der Waals surface area contributed by atoms with Gasteiger partial charge in [0.1, 0.15) is 4.99 Å². The van der Waals surface area contributed by atoms with Gasteiger partial charge in [-0.2, -0.15) is 0 Å². The van der Waals surface area contributed by atoms with E-state index in [1.54, 1.807) is 6.92 Å². The molecule has 0 saturated heterocycles. The van der Waals surface area contributed by atoms with Crippen molar-refractivity contribution in [2.24, 2.45) is 0 Å².